The molecule has 41 heavy (non-hydrogen) atoms. The van der Waals surface area contributed by atoms with Gasteiger partial charge in [-0.05, 0) is 79.3 Å². The molecule has 3 N–H and O–H groups in total. The molecule has 5 rings (SSSR count). The van der Waals surface area contributed by atoms with Gasteiger partial charge in [0.05, 0.1) is 11.1 Å². The lowest BCUT2D eigenvalue weighted by Gasteiger charge is -2.35. The first-order valence-corrected chi connectivity index (χ1v) is 12.8. The lowest BCUT2D eigenvalue weighted by atomic mass is 9.89. The van der Waals surface area contributed by atoms with E-state index in [1.807, 2.05) is 0 Å². The first-order chi connectivity index (χ1) is 19.4. The number of alkyl halides is 3. The Bertz CT molecular complexity index is 1500. The Balaban J connectivity index is 1.43. The molecule has 0 aromatic heterocycles. The molecule has 7 nitrogen and oxygen atoms in total. The number of carboxylic acid groups (broad SMARTS) is 1. The number of rotatable bonds is 8. The minimum atomic E-state index is -4.73. The smallest absolute Gasteiger partial charge is 0.416 e. The van der Waals surface area contributed by atoms with E-state index in [0.717, 1.165) is 18.2 Å². The summed E-state index contributed by atoms with van der Waals surface area (Å²) in [5, 5.41) is 13.6. The third-order valence-electron chi connectivity index (χ3n) is 6.98. The molecule has 3 aromatic carbocycles. The van der Waals surface area contributed by atoms with Crippen LogP contribution < -0.4 is 20.1 Å². The van der Waals surface area contributed by atoms with Crippen molar-refractivity contribution in [3.63, 3.8) is 0 Å². The predicted molar refractivity (Wildman–Crippen MR) is 138 cm³/mol. The zero-order chi connectivity index (χ0) is 29.5. The van der Waals surface area contributed by atoms with Crippen LogP contribution in [-0.2, 0) is 6.18 Å². The van der Waals surface area contributed by atoms with E-state index in [0.29, 0.717) is 31.2 Å². The van der Waals surface area contributed by atoms with Gasteiger partial charge in [0.1, 0.15) is 23.4 Å². The Morgan fingerprint density at radius 3 is 2.32 bits per heavy atom. The van der Waals surface area contributed by atoms with E-state index in [4.69, 9.17) is 14.6 Å². The van der Waals surface area contributed by atoms with Crippen LogP contribution in [0.5, 0.6) is 17.2 Å². The summed E-state index contributed by atoms with van der Waals surface area (Å²) in [4.78, 5) is 24.1. The van der Waals surface area contributed by atoms with E-state index < -0.39 is 47.0 Å². The van der Waals surface area contributed by atoms with Crippen molar-refractivity contribution in [2.24, 2.45) is 0 Å². The molecule has 2 saturated carbocycles. The standard InChI is InChI=1S/C29H25F5N2O5/c1-14-8-16(30)4-7-24(14)41-25-13-20(15-2-3-15)22(29(32,33)34)12-21(25)27(37)35-17-5-6-23(31)26(11-17)40-19-9-18(10-19)36-28(38)39/h4-8,11-13,15,18-19,36H,2-3,9-10H2,1H3,(H,35,37)(H,38,39). The number of hydrogen-bond donors (Lipinski definition) is 3. The van der Waals surface area contributed by atoms with Crippen molar-refractivity contribution in [3.8, 4) is 17.2 Å². The van der Waals surface area contributed by atoms with Crippen LogP contribution in [0.2, 0.25) is 0 Å². The Hall–Kier alpha value is -4.35. The van der Waals surface area contributed by atoms with Crippen molar-refractivity contribution in [2.45, 2.75) is 56.8 Å². The van der Waals surface area contributed by atoms with Crippen LogP contribution in [-0.4, -0.2) is 29.3 Å². The van der Waals surface area contributed by atoms with E-state index in [1.165, 1.54) is 30.3 Å². The molecule has 2 aliphatic carbocycles. The summed E-state index contributed by atoms with van der Waals surface area (Å²) in [6, 6.07) is 8.72. The average Bonchev–Trinajstić information content (AvgIpc) is 3.70. The molecular formula is C29H25F5N2O5. The SMILES string of the molecule is Cc1cc(F)ccc1Oc1cc(C2CC2)c(C(F)(F)F)cc1C(=O)Nc1ccc(F)c(OC2CC(NC(=O)O)C2)c1. The van der Waals surface area contributed by atoms with E-state index in [2.05, 4.69) is 10.6 Å². The molecular weight excluding hydrogens is 551 g/mol. The van der Waals surface area contributed by atoms with Crippen LogP contribution in [0.15, 0.2) is 48.5 Å². The fraction of sp³-hybridized carbons (Fsp3) is 0.310. The number of anilines is 1. The van der Waals surface area contributed by atoms with Gasteiger partial charge in [-0.15, -0.1) is 0 Å². The lowest BCUT2D eigenvalue weighted by molar-refractivity contribution is -0.138. The number of benzene rings is 3. The summed E-state index contributed by atoms with van der Waals surface area (Å²) in [6.07, 6.45) is -4.60. The largest absolute Gasteiger partial charge is 0.487 e. The number of ether oxygens (including phenoxy) is 2. The summed E-state index contributed by atoms with van der Waals surface area (Å²) in [5.41, 5.74) is -0.932. The average molecular weight is 577 g/mol. The number of aryl methyl sites for hydroxylation is 1. The lowest BCUT2D eigenvalue weighted by Crippen LogP contribution is -2.48. The fourth-order valence-electron chi connectivity index (χ4n) is 4.68. The number of carbonyl (C=O) groups excluding carboxylic acids is 1. The maximum Gasteiger partial charge on any atom is 0.416 e. The van der Waals surface area contributed by atoms with Crippen molar-refractivity contribution >= 4 is 17.7 Å². The van der Waals surface area contributed by atoms with Crippen molar-refractivity contribution in [2.75, 3.05) is 5.32 Å². The monoisotopic (exact) mass is 576 g/mol. The van der Waals surface area contributed by atoms with Crippen LogP contribution in [0.3, 0.4) is 0 Å². The summed E-state index contributed by atoms with van der Waals surface area (Å²) >= 11 is 0. The minimum absolute atomic E-state index is 0.0115. The molecule has 0 bridgehead atoms. The molecule has 0 radical (unpaired) electrons. The second-order valence-electron chi connectivity index (χ2n) is 10.2. The summed E-state index contributed by atoms with van der Waals surface area (Å²) in [5.74, 6) is -2.72. The van der Waals surface area contributed by atoms with Crippen LogP contribution in [0.25, 0.3) is 0 Å². The van der Waals surface area contributed by atoms with Crippen molar-refractivity contribution < 1.29 is 46.1 Å². The van der Waals surface area contributed by atoms with Gasteiger partial charge >= 0.3 is 12.3 Å². The van der Waals surface area contributed by atoms with E-state index in [9.17, 15) is 31.5 Å². The molecule has 0 aliphatic heterocycles. The Morgan fingerprint density at radius 2 is 1.68 bits per heavy atom. The van der Waals surface area contributed by atoms with Gasteiger partial charge in [0.25, 0.3) is 5.91 Å². The fourth-order valence-corrected chi connectivity index (χ4v) is 4.68. The summed E-state index contributed by atoms with van der Waals surface area (Å²) in [7, 11) is 0. The molecule has 0 heterocycles. The van der Waals surface area contributed by atoms with Crippen LogP contribution in [0, 0.1) is 18.6 Å². The van der Waals surface area contributed by atoms with Crippen LogP contribution in [0.1, 0.15) is 58.6 Å². The van der Waals surface area contributed by atoms with Gasteiger partial charge in [-0.1, -0.05) is 0 Å². The van der Waals surface area contributed by atoms with Crippen molar-refractivity contribution in [1.82, 2.24) is 5.32 Å². The highest BCUT2D eigenvalue weighted by Gasteiger charge is 2.40. The van der Waals surface area contributed by atoms with Crippen molar-refractivity contribution in [1.29, 1.82) is 0 Å². The van der Waals surface area contributed by atoms with Gasteiger partial charge in [-0.3, -0.25) is 4.79 Å². The van der Waals surface area contributed by atoms with E-state index in [-0.39, 0.29) is 40.5 Å². The van der Waals surface area contributed by atoms with Gasteiger partial charge in [0, 0.05) is 30.6 Å². The zero-order valence-corrected chi connectivity index (χ0v) is 21.6. The maximum atomic E-state index is 14.4. The van der Waals surface area contributed by atoms with Gasteiger partial charge in [-0.2, -0.15) is 13.2 Å². The third-order valence-corrected chi connectivity index (χ3v) is 6.98. The normalized spacial score (nSPS) is 18.3. The quantitative estimate of drug-likeness (QED) is 0.243. The second-order valence-corrected chi connectivity index (χ2v) is 10.2. The van der Waals surface area contributed by atoms with E-state index in [1.54, 1.807) is 6.92 Å². The third kappa shape index (κ3) is 6.53. The number of nitrogens with one attached hydrogen (secondary N) is 2. The molecule has 216 valence electrons. The van der Waals surface area contributed by atoms with Gasteiger partial charge < -0.3 is 25.2 Å². The highest BCUT2D eigenvalue weighted by atomic mass is 19.4. The summed E-state index contributed by atoms with van der Waals surface area (Å²) in [6.45, 7) is 1.56. The molecule has 0 spiro atoms. The first kappa shape index (κ1) is 28.2. The number of carbonyl (C=O) groups is 2. The highest BCUT2D eigenvalue weighted by molar-refractivity contribution is 6.06. The molecule has 2 fully saturated rings. The molecule has 2 amide bonds. The predicted octanol–water partition coefficient (Wildman–Crippen LogP) is 7.39. The van der Waals surface area contributed by atoms with Gasteiger partial charge in [0.2, 0.25) is 0 Å². The van der Waals surface area contributed by atoms with Crippen molar-refractivity contribution in [3.05, 3.63) is 82.4 Å². The highest BCUT2D eigenvalue weighted by Crippen LogP contribution is 2.48. The molecule has 0 atom stereocenters. The molecule has 0 unspecified atom stereocenters. The Morgan fingerprint density at radius 1 is 0.951 bits per heavy atom. The number of halogens is 5. The molecule has 0 saturated heterocycles. The number of hydrogen-bond acceptors (Lipinski definition) is 4. The molecule has 12 heteroatoms. The Labute approximate surface area is 231 Å². The molecule has 2 aliphatic rings. The van der Waals surface area contributed by atoms with Crippen LogP contribution in [0.4, 0.5) is 32.4 Å². The van der Waals surface area contributed by atoms with Gasteiger partial charge in [0.15, 0.2) is 11.6 Å². The first-order valence-electron chi connectivity index (χ1n) is 12.8. The van der Waals surface area contributed by atoms with Gasteiger partial charge in [-0.25, -0.2) is 13.6 Å². The zero-order valence-electron chi connectivity index (χ0n) is 21.6. The Kier molecular flexibility index (Phi) is 7.50. The maximum absolute atomic E-state index is 14.4. The van der Waals surface area contributed by atoms with E-state index >= 15 is 0 Å². The topological polar surface area (TPSA) is 96.9 Å². The number of amides is 2. The summed E-state index contributed by atoms with van der Waals surface area (Å²) < 4.78 is 81.6. The minimum Gasteiger partial charge on any atom is -0.487 e. The second kappa shape index (κ2) is 10.9. The molecule has 3 aromatic rings. The van der Waals surface area contributed by atoms with Crippen LogP contribution >= 0.6 is 0 Å².